The number of aliphatic hydroxyl groups is 1. The zero-order chi connectivity index (χ0) is 8.97. The van der Waals surface area contributed by atoms with Gasteiger partial charge in [-0.2, -0.15) is 0 Å². The largest absolute Gasteiger partial charge is 0.396 e. The maximum Gasteiger partial charge on any atom is 0.0960 e. The third kappa shape index (κ3) is 1.98. The van der Waals surface area contributed by atoms with Crippen molar-refractivity contribution in [2.24, 2.45) is 5.11 Å². The van der Waals surface area contributed by atoms with E-state index in [-0.39, 0.29) is 6.61 Å². The van der Waals surface area contributed by atoms with Crippen LogP contribution in [-0.2, 0) is 0 Å². The molecule has 0 radical (unpaired) electrons. The van der Waals surface area contributed by atoms with E-state index in [1.165, 1.54) is 11.3 Å². The number of aliphatic hydroxyl groups excluding tert-OH is 1. The van der Waals surface area contributed by atoms with Crippen LogP contribution in [0.4, 0.5) is 0 Å². The summed E-state index contributed by atoms with van der Waals surface area (Å²) in [6, 6.07) is 1.39. The van der Waals surface area contributed by atoms with Crippen LogP contribution in [0.2, 0.25) is 0 Å². The van der Waals surface area contributed by atoms with Gasteiger partial charge in [0.2, 0.25) is 0 Å². The molecule has 1 unspecified atom stereocenters. The van der Waals surface area contributed by atoms with Crippen LogP contribution in [0, 0.1) is 0 Å². The summed E-state index contributed by atoms with van der Waals surface area (Å²) in [6.07, 6.45) is 0. The number of hydrogen-bond acceptors (Lipinski definition) is 3. The first kappa shape index (κ1) is 9.54. The molecule has 1 rings (SSSR count). The van der Waals surface area contributed by atoms with Crippen molar-refractivity contribution >= 4 is 27.3 Å². The zero-order valence-corrected chi connectivity index (χ0v) is 8.42. The van der Waals surface area contributed by atoms with E-state index in [9.17, 15) is 0 Å². The van der Waals surface area contributed by atoms with Crippen molar-refractivity contribution in [1.82, 2.24) is 0 Å². The Balaban J connectivity index is 2.93. The lowest BCUT2D eigenvalue weighted by molar-refractivity contribution is 0.269. The minimum Gasteiger partial charge on any atom is -0.396 e. The molecule has 0 saturated carbocycles. The number of nitrogens with zero attached hydrogens (tertiary/aromatic N) is 3. The van der Waals surface area contributed by atoms with Crippen molar-refractivity contribution in [3.63, 3.8) is 0 Å². The molecule has 0 aliphatic heterocycles. The van der Waals surface area contributed by atoms with Crippen molar-refractivity contribution in [3.05, 3.63) is 31.2 Å². The van der Waals surface area contributed by atoms with E-state index in [0.29, 0.717) is 0 Å². The molecule has 0 spiro atoms. The van der Waals surface area contributed by atoms with E-state index < -0.39 is 6.04 Å². The van der Waals surface area contributed by atoms with Crippen molar-refractivity contribution in [1.29, 1.82) is 0 Å². The van der Waals surface area contributed by atoms with E-state index in [4.69, 9.17) is 10.6 Å². The predicted octanol–water partition coefficient (Wildman–Crippen LogP) is 2.85. The fourth-order valence-corrected chi connectivity index (χ4v) is 2.44. The van der Waals surface area contributed by atoms with E-state index in [1.54, 1.807) is 0 Å². The van der Waals surface area contributed by atoms with Crippen LogP contribution < -0.4 is 0 Å². The van der Waals surface area contributed by atoms with Gasteiger partial charge in [0.25, 0.3) is 0 Å². The Kier molecular flexibility index (Phi) is 3.55. The van der Waals surface area contributed by atoms with Gasteiger partial charge in [-0.15, -0.1) is 11.3 Å². The number of thiophene rings is 1. The molecule has 0 bridgehead atoms. The SMILES string of the molecule is [N-]=[N+]=NC(CO)c1sccc1Br. The highest BCUT2D eigenvalue weighted by molar-refractivity contribution is 9.10. The molecule has 0 aliphatic carbocycles. The van der Waals surface area contributed by atoms with Gasteiger partial charge in [-0.25, -0.2) is 0 Å². The highest BCUT2D eigenvalue weighted by atomic mass is 79.9. The van der Waals surface area contributed by atoms with Crippen LogP contribution in [-0.4, -0.2) is 11.7 Å². The molecule has 0 aliphatic rings. The average molecular weight is 248 g/mol. The van der Waals surface area contributed by atoms with Gasteiger partial charge in [0.1, 0.15) is 0 Å². The fourth-order valence-electron chi connectivity index (χ4n) is 0.777. The Hall–Kier alpha value is -0.550. The zero-order valence-electron chi connectivity index (χ0n) is 6.01. The number of rotatable bonds is 3. The molecule has 1 N–H and O–H groups in total. The Morgan fingerprint density at radius 2 is 2.58 bits per heavy atom. The van der Waals surface area contributed by atoms with Crippen molar-refractivity contribution in [3.8, 4) is 0 Å². The first-order valence-electron chi connectivity index (χ1n) is 3.17. The molecule has 4 nitrogen and oxygen atoms in total. The number of halogens is 1. The summed E-state index contributed by atoms with van der Waals surface area (Å²) in [4.78, 5) is 3.51. The third-order valence-corrected chi connectivity index (χ3v) is 3.28. The normalized spacial score (nSPS) is 12.2. The van der Waals surface area contributed by atoms with E-state index >= 15 is 0 Å². The van der Waals surface area contributed by atoms with Gasteiger partial charge in [-0.3, -0.25) is 0 Å². The topological polar surface area (TPSA) is 69.0 Å². The number of hydrogen-bond donors (Lipinski definition) is 1. The molecule has 1 aromatic heterocycles. The summed E-state index contributed by atoms with van der Waals surface area (Å²) in [5, 5.41) is 14.2. The molecule has 64 valence electrons. The quantitative estimate of drug-likeness (QED) is 0.498. The number of azide groups is 1. The monoisotopic (exact) mass is 247 g/mol. The first-order chi connectivity index (χ1) is 5.79. The van der Waals surface area contributed by atoms with Crippen molar-refractivity contribution in [2.75, 3.05) is 6.61 Å². The van der Waals surface area contributed by atoms with Crippen LogP contribution in [0.3, 0.4) is 0 Å². The van der Waals surface area contributed by atoms with Gasteiger partial charge in [-0.05, 0) is 32.9 Å². The van der Waals surface area contributed by atoms with Crippen LogP contribution in [0.25, 0.3) is 10.4 Å². The Bertz CT molecular complexity index is 307. The Morgan fingerprint density at radius 1 is 1.83 bits per heavy atom. The van der Waals surface area contributed by atoms with Gasteiger partial charge in [0, 0.05) is 14.3 Å². The van der Waals surface area contributed by atoms with Crippen LogP contribution in [0.15, 0.2) is 21.0 Å². The minimum absolute atomic E-state index is 0.164. The first-order valence-corrected chi connectivity index (χ1v) is 4.84. The maximum atomic E-state index is 8.87. The highest BCUT2D eigenvalue weighted by Crippen LogP contribution is 2.30. The summed E-state index contributed by atoms with van der Waals surface area (Å²) < 4.78 is 0.874. The summed E-state index contributed by atoms with van der Waals surface area (Å²) in [5.41, 5.74) is 8.19. The van der Waals surface area contributed by atoms with Gasteiger partial charge in [0.15, 0.2) is 0 Å². The average Bonchev–Trinajstić information content (AvgIpc) is 2.47. The Morgan fingerprint density at radius 3 is 3.00 bits per heavy atom. The molecule has 1 aromatic rings. The molecule has 0 fully saturated rings. The van der Waals surface area contributed by atoms with Crippen LogP contribution in [0.5, 0.6) is 0 Å². The minimum atomic E-state index is -0.468. The van der Waals surface area contributed by atoms with Crippen LogP contribution in [0.1, 0.15) is 10.9 Å². The van der Waals surface area contributed by atoms with Crippen molar-refractivity contribution < 1.29 is 5.11 Å². The molecule has 12 heavy (non-hydrogen) atoms. The molecular formula is C6H6BrN3OS. The lowest BCUT2D eigenvalue weighted by Gasteiger charge is -2.04. The molecule has 0 amide bonds. The summed E-state index contributed by atoms with van der Waals surface area (Å²) in [7, 11) is 0. The molecule has 6 heteroatoms. The van der Waals surface area contributed by atoms with Gasteiger partial charge < -0.3 is 5.11 Å². The molecule has 1 atom stereocenters. The maximum absolute atomic E-state index is 8.87. The smallest absolute Gasteiger partial charge is 0.0960 e. The van der Waals surface area contributed by atoms with Gasteiger partial charge in [-0.1, -0.05) is 5.11 Å². The lowest BCUT2D eigenvalue weighted by Crippen LogP contribution is -1.97. The molecular weight excluding hydrogens is 242 g/mol. The van der Waals surface area contributed by atoms with Gasteiger partial charge in [0.05, 0.1) is 12.6 Å². The summed E-state index contributed by atoms with van der Waals surface area (Å²) >= 11 is 4.74. The van der Waals surface area contributed by atoms with Crippen molar-refractivity contribution in [2.45, 2.75) is 6.04 Å². The second-order valence-corrected chi connectivity index (χ2v) is 3.84. The highest BCUT2D eigenvalue weighted by Gasteiger charge is 2.12. The standard InChI is InChI=1S/C6H6BrN3OS/c7-4-1-2-12-6(4)5(3-11)9-10-8/h1-2,5,11H,3H2. The van der Waals surface area contributed by atoms with E-state index in [1.807, 2.05) is 11.4 Å². The summed E-state index contributed by atoms with van der Waals surface area (Å²) in [6.45, 7) is -0.164. The second-order valence-electron chi connectivity index (χ2n) is 2.04. The lowest BCUT2D eigenvalue weighted by atomic mass is 10.3. The van der Waals surface area contributed by atoms with Crippen LogP contribution >= 0.6 is 27.3 Å². The third-order valence-electron chi connectivity index (χ3n) is 1.31. The molecule has 1 heterocycles. The van der Waals surface area contributed by atoms with Gasteiger partial charge >= 0.3 is 0 Å². The predicted molar refractivity (Wildman–Crippen MR) is 51.0 cm³/mol. The van der Waals surface area contributed by atoms with E-state index in [0.717, 1.165) is 9.35 Å². The Labute approximate surface area is 81.6 Å². The fraction of sp³-hybridized carbons (Fsp3) is 0.333. The van der Waals surface area contributed by atoms with E-state index in [2.05, 4.69) is 26.0 Å². The summed E-state index contributed by atoms with van der Waals surface area (Å²) in [5.74, 6) is 0. The molecule has 0 aromatic carbocycles. The second kappa shape index (κ2) is 4.47. The molecule has 0 saturated heterocycles.